The van der Waals surface area contributed by atoms with Gasteiger partial charge < -0.3 is 9.47 Å². The molecule has 2 aromatic heterocycles. The largest absolute Gasteiger partial charge is 0.478 e. The number of hydrogen-bond acceptors (Lipinski definition) is 6. The highest BCUT2D eigenvalue weighted by Gasteiger charge is 2.10. The number of methoxy groups -OCH3 is 1. The summed E-state index contributed by atoms with van der Waals surface area (Å²) in [6.45, 7) is 2.45. The smallest absolute Gasteiger partial charge is 0.376 e. The van der Waals surface area contributed by atoms with Crippen molar-refractivity contribution in [1.29, 1.82) is 0 Å². The molecule has 2 heterocycles. The van der Waals surface area contributed by atoms with Crippen LogP contribution in [0.3, 0.4) is 0 Å². The van der Waals surface area contributed by atoms with Crippen LogP contribution in [0.25, 0.3) is 11.3 Å². The van der Waals surface area contributed by atoms with Gasteiger partial charge in [0.1, 0.15) is 0 Å². The molecule has 98 valence electrons. The lowest BCUT2D eigenvalue weighted by molar-refractivity contribution is 0.0587. The molecule has 0 atom stereocenters. The topological polar surface area (TPSA) is 74.2 Å². The quantitative estimate of drug-likeness (QED) is 0.778. The Kier molecular flexibility index (Phi) is 4.02. The number of hydrogen-bond donors (Lipinski definition) is 0. The minimum Gasteiger partial charge on any atom is -0.478 e. The predicted octanol–water partition coefficient (Wildman–Crippen LogP) is 1.72. The molecule has 6 nitrogen and oxygen atoms in total. The Morgan fingerprint density at radius 3 is 2.74 bits per heavy atom. The molecule has 0 N–H and O–H groups in total. The van der Waals surface area contributed by atoms with E-state index in [-0.39, 0.29) is 5.82 Å². The van der Waals surface area contributed by atoms with E-state index in [0.29, 0.717) is 18.2 Å². The normalized spacial score (nSPS) is 10.0. The monoisotopic (exact) mass is 259 g/mol. The summed E-state index contributed by atoms with van der Waals surface area (Å²) in [7, 11) is 1.29. The number of pyridine rings is 1. The summed E-state index contributed by atoms with van der Waals surface area (Å²) in [6.07, 6.45) is 3.14. The fraction of sp³-hybridized carbons (Fsp3) is 0.231. The molecule has 0 spiro atoms. The summed E-state index contributed by atoms with van der Waals surface area (Å²) in [5.74, 6) is 0.00290. The van der Waals surface area contributed by atoms with Crippen molar-refractivity contribution in [3.05, 3.63) is 36.4 Å². The van der Waals surface area contributed by atoms with E-state index in [1.165, 1.54) is 13.3 Å². The molecule has 0 bridgehead atoms. The fourth-order valence-electron chi connectivity index (χ4n) is 1.47. The Bertz CT molecular complexity index is 570. The fourth-order valence-corrected chi connectivity index (χ4v) is 1.47. The number of carbonyl (C=O) groups excluding carboxylic acids is 1. The van der Waals surface area contributed by atoms with Gasteiger partial charge in [-0.25, -0.2) is 19.7 Å². The van der Waals surface area contributed by atoms with E-state index in [1.807, 2.05) is 13.0 Å². The van der Waals surface area contributed by atoms with Crippen molar-refractivity contribution in [2.75, 3.05) is 13.7 Å². The van der Waals surface area contributed by atoms with Gasteiger partial charge in [0.15, 0.2) is 0 Å². The first kappa shape index (κ1) is 12.9. The molecule has 19 heavy (non-hydrogen) atoms. The lowest BCUT2D eigenvalue weighted by atomic mass is 10.2. The number of aromatic nitrogens is 3. The van der Waals surface area contributed by atoms with Crippen molar-refractivity contribution in [1.82, 2.24) is 15.0 Å². The molecule has 0 radical (unpaired) electrons. The Hall–Kier alpha value is -2.50. The van der Waals surface area contributed by atoms with Crippen LogP contribution in [0.15, 0.2) is 30.6 Å². The third-order valence-electron chi connectivity index (χ3n) is 2.35. The van der Waals surface area contributed by atoms with Crippen molar-refractivity contribution < 1.29 is 14.3 Å². The maximum absolute atomic E-state index is 11.4. The third kappa shape index (κ3) is 3.04. The van der Waals surface area contributed by atoms with Gasteiger partial charge in [0, 0.05) is 24.0 Å². The molecular formula is C13H13N3O3. The van der Waals surface area contributed by atoms with Crippen molar-refractivity contribution in [2.45, 2.75) is 6.92 Å². The lowest BCUT2D eigenvalue weighted by Gasteiger charge is -2.04. The van der Waals surface area contributed by atoms with Gasteiger partial charge in [0.2, 0.25) is 11.7 Å². The second kappa shape index (κ2) is 5.90. The number of ether oxygens (including phenoxy) is 2. The summed E-state index contributed by atoms with van der Waals surface area (Å²) in [5, 5.41) is 0. The lowest BCUT2D eigenvalue weighted by Crippen LogP contribution is -2.07. The molecule has 0 aliphatic carbocycles. The van der Waals surface area contributed by atoms with Crippen molar-refractivity contribution in [3.63, 3.8) is 0 Å². The van der Waals surface area contributed by atoms with E-state index in [9.17, 15) is 4.79 Å². The van der Waals surface area contributed by atoms with Gasteiger partial charge in [0.05, 0.1) is 19.4 Å². The average Bonchev–Trinajstić information content (AvgIpc) is 2.48. The molecule has 0 fully saturated rings. The molecule has 6 heteroatoms. The standard InChI is InChI=1S/C13H13N3O3/c1-3-19-11-5-4-9(8-15-11)10-6-7-14-12(16-10)13(17)18-2/h4-8H,3H2,1-2H3. The van der Waals surface area contributed by atoms with Crippen LogP contribution in [0.2, 0.25) is 0 Å². The molecular weight excluding hydrogens is 246 g/mol. The molecule has 0 aliphatic rings. The first-order valence-electron chi connectivity index (χ1n) is 5.75. The Labute approximate surface area is 110 Å². The SMILES string of the molecule is CCOc1ccc(-c2ccnc(C(=O)OC)n2)cn1. The Morgan fingerprint density at radius 1 is 1.26 bits per heavy atom. The molecule has 0 unspecified atom stereocenters. The van der Waals surface area contributed by atoms with E-state index in [0.717, 1.165) is 5.56 Å². The van der Waals surface area contributed by atoms with E-state index >= 15 is 0 Å². The highest BCUT2D eigenvalue weighted by Crippen LogP contribution is 2.18. The molecule has 0 saturated carbocycles. The highest BCUT2D eigenvalue weighted by molar-refractivity contribution is 5.85. The Balaban J connectivity index is 2.28. The highest BCUT2D eigenvalue weighted by atomic mass is 16.5. The zero-order valence-corrected chi connectivity index (χ0v) is 10.7. The Morgan fingerprint density at radius 2 is 2.11 bits per heavy atom. The van der Waals surface area contributed by atoms with Crippen LogP contribution < -0.4 is 4.74 Å². The van der Waals surface area contributed by atoms with Gasteiger partial charge in [-0.1, -0.05) is 0 Å². The first-order valence-corrected chi connectivity index (χ1v) is 5.75. The summed E-state index contributed by atoms with van der Waals surface area (Å²) >= 11 is 0. The summed E-state index contributed by atoms with van der Waals surface area (Å²) < 4.78 is 9.84. The van der Waals surface area contributed by atoms with Crippen molar-refractivity contribution >= 4 is 5.97 Å². The summed E-state index contributed by atoms with van der Waals surface area (Å²) in [4.78, 5) is 23.5. The molecule has 0 aromatic carbocycles. The van der Waals surface area contributed by atoms with Gasteiger partial charge in [-0.3, -0.25) is 0 Å². The molecule has 2 aromatic rings. The maximum Gasteiger partial charge on any atom is 0.376 e. The van der Waals surface area contributed by atoms with Crippen LogP contribution in [-0.4, -0.2) is 34.6 Å². The van der Waals surface area contributed by atoms with E-state index in [2.05, 4.69) is 19.7 Å². The van der Waals surface area contributed by atoms with Crippen LogP contribution >= 0.6 is 0 Å². The zero-order chi connectivity index (χ0) is 13.7. The predicted molar refractivity (Wildman–Crippen MR) is 67.8 cm³/mol. The second-order valence-electron chi connectivity index (χ2n) is 3.58. The van der Waals surface area contributed by atoms with Crippen LogP contribution in [-0.2, 0) is 4.74 Å². The minimum atomic E-state index is -0.569. The number of rotatable bonds is 4. The van der Waals surface area contributed by atoms with E-state index < -0.39 is 5.97 Å². The van der Waals surface area contributed by atoms with Crippen LogP contribution in [0.4, 0.5) is 0 Å². The van der Waals surface area contributed by atoms with Crippen molar-refractivity contribution in [3.8, 4) is 17.1 Å². The van der Waals surface area contributed by atoms with E-state index in [4.69, 9.17) is 4.74 Å². The van der Waals surface area contributed by atoms with Gasteiger partial charge >= 0.3 is 5.97 Å². The second-order valence-corrected chi connectivity index (χ2v) is 3.58. The zero-order valence-electron chi connectivity index (χ0n) is 10.7. The minimum absolute atomic E-state index is 0.0221. The molecule has 0 saturated heterocycles. The van der Waals surface area contributed by atoms with Crippen LogP contribution in [0.1, 0.15) is 17.5 Å². The number of nitrogens with zero attached hydrogens (tertiary/aromatic N) is 3. The van der Waals surface area contributed by atoms with Gasteiger partial charge in [-0.15, -0.1) is 0 Å². The average molecular weight is 259 g/mol. The molecule has 2 rings (SSSR count). The van der Waals surface area contributed by atoms with Gasteiger partial charge in [0.25, 0.3) is 0 Å². The molecule has 0 aliphatic heterocycles. The van der Waals surface area contributed by atoms with Crippen molar-refractivity contribution in [2.24, 2.45) is 0 Å². The van der Waals surface area contributed by atoms with Crippen LogP contribution in [0.5, 0.6) is 5.88 Å². The molecule has 0 amide bonds. The van der Waals surface area contributed by atoms with Gasteiger partial charge in [-0.05, 0) is 19.1 Å². The number of carbonyl (C=O) groups is 1. The maximum atomic E-state index is 11.4. The third-order valence-corrected chi connectivity index (χ3v) is 2.35. The summed E-state index contributed by atoms with van der Waals surface area (Å²) in [5.41, 5.74) is 1.38. The number of esters is 1. The van der Waals surface area contributed by atoms with Gasteiger partial charge in [-0.2, -0.15) is 0 Å². The summed E-state index contributed by atoms with van der Waals surface area (Å²) in [6, 6.07) is 5.27. The first-order chi connectivity index (χ1) is 9.24. The van der Waals surface area contributed by atoms with Crippen LogP contribution in [0, 0.1) is 0 Å². The van der Waals surface area contributed by atoms with E-state index in [1.54, 1.807) is 18.3 Å².